The van der Waals surface area contributed by atoms with Crippen molar-refractivity contribution in [2.45, 2.75) is 45.8 Å². The molecule has 0 bridgehead atoms. The Hall–Kier alpha value is -0.850. The highest BCUT2D eigenvalue weighted by Gasteiger charge is 2.27. The van der Waals surface area contributed by atoms with Gasteiger partial charge >= 0.3 is 0 Å². The Morgan fingerprint density at radius 1 is 1.52 bits per heavy atom. The molecule has 4 nitrogen and oxygen atoms in total. The Labute approximate surface area is 134 Å². The number of hydrogen-bond acceptors (Lipinski definition) is 5. The summed E-state index contributed by atoms with van der Waals surface area (Å²) in [7, 11) is 0. The largest absolute Gasteiger partial charge is 0.344 e. The molecule has 2 heterocycles. The van der Waals surface area contributed by atoms with Crippen LogP contribution in [0.2, 0.25) is 0 Å². The summed E-state index contributed by atoms with van der Waals surface area (Å²) in [5.74, 6) is 0.755. The van der Waals surface area contributed by atoms with Gasteiger partial charge in [0.25, 0.3) is 0 Å². The molecule has 0 radical (unpaired) electrons. The first-order valence-corrected chi connectivity index (χ1v) is 9.07. The van der Waals surface area contributed by atoms with Crippen molar-refractivity contribution in [1.82, 2.24) is 10.2 Å². The Morgan fingerprint density at radius 3 is 2.81 bits per heavy atom. The smallest absolute Gasteiger partial charge is 0.234 e. The molecular weight excluding hydrogens is 304 g/mol. The number of nitrogens with zero attached hydrogens (tertiary/aromatic N) is 1. The van der Waals surface area contributed by atoms with Gasteiger partial charge in [-0.3, -0.25) is 14.5 Å². The maximum Gasteiger partial charge on any atom is 0.234 e. The maximum atomic E-state index is 12.2. The van der Waals surface area contributed by atoms with E-state index in [2.05, 4.69) is 42.4 Å². The fourth-order valence-electron chi connectivity index (χ4n) is 2.22. The zero-order valence-electron chi connectivity index (χ0n) is 12.7. The normalized spacial score (nSPS) is 18.7. The summed E-state index contributed by atoms with van der Waals surface area (Å²) in [5, 5.41) is 5.03. The average molecular weight is 326 g/mol. The van der Waals surface area contributed by atoms with Crippen LogP contribution >= 0.6 is 23.1 Å². The highest BCUT2D eigenvalue weighted by Crippen LogP contribution is 2.20. The van der Waals surface area contributed by atoms with Gasteiger partial charge in [-0.2, -0.15) is 0 Å². The summed E-state index contributed by atoms with van der Waals surface area (Å²) in [6.07, 6.45) is 0.751. The first kappa shape index (κ1) is 16.5. The molecule has 0 saturated carbocycles. The van der Waals surface area contributed by atoms with Gasteiger partial charge in [-0.25, -0.2) is 0 Å². The summed E-state index contributed by atoms with van der Waals surface area (Å²) in [5.41, 5.74) is 1.27. The van der Waals surface area contributed by atoms with Crippen LogP contribution < -0.4 is 5.32 Å². The van der Waals surface area contributed by atoms with Crippen molar-refractivity contribution in [2.24, 2.45) is 0 Å². The molecule has 1 saturated heterocycles. The van der Waals surface area contributed by atoms with Gasteiger partial charge in [0.1, 0.15) is 0 Å². The number of thioether (sulfide) groups is 1. The third kappa shape index (κ3) is 4.56. The molecule has 6 heteroatoms. The minimum absolute atomic E-state index is 0.0567. The second-order valence-corrected chi connectivity index (χ2v) is 7.70. The van der Waals surface area contributed by atoms with Crippen LogP contribution in [0, 0.1) is 6.92 Å². The van der Waals surface area contributed by atoms with E-state index in [0.29, 0.717) is 6.54 Å². The number of amides is 1. The predicted octanol–water partition coefficient (Wildman–Crippen LogP) is 2.42. The first-order valence-electron chi connectivity index (χ1n) is 7.20. The number of carbonyl (C=O) groups excluding carboxylic acids is 2. The Morgan fingerprint density at radius 2 is 2.29 bits per heavy atom. The summed E-state index contributed by atoms with van der Waals surface area (Å²) in [6, 6.07) is 2.10. The number of nitrogens with one attached hydrogen (secondary N) is 1. The topological polar surface area (TPSA) is 49.4 Å². The van der Waals surface area contributed by atoms with Crippen molar-refractivity contribution in [3.8, 4) is 0 Å². The van der Waals surface area contributed by atoms with Crippen LogP contribution in [0.3, 0.4) is 0 Å². The number of rotatable bonds is 6. The van der Waals surface area contributed by atoms with E-state index in [9.17, 15) is 9.59 Å². The van der Waals surface area contributed by atoms with E-state index in [1.165, 1.54) is 22.2 Å². The van der Waals surface area contributed by atoms with Crippen molar-refractivity contribution < 1.29 is 9.59 Å². The van der Waals surface area contributed by atoms with Crippen LogP contribution in [-0.2, 0) is 16.1 Å². The molecule has 0 aliphatic carbocycles. The van der Waals surface area contributed by atoms with Crippen LogP contribution in [0.5, 0.6) is 0 Å². The van der Waals surface area contributed by atoms with E-state index in [0.717, 1.165) is 18.7 Å². The summed E-state index contributed by atoms with van der Waals surface area (Å²) < 4.78 is 0. The minimum Gasteiger partial charge on any atom is -0.344 e. The van der Waals surface area contributed by atoms with Crippen LogP contribution in [0.4, 0.5) is 0 Å². The third-order valence-corrected chi connectivity index (χ3v) is 5.68. The van der Waals surface area contributed by atoms with Crippen LogP contribution in [0.25, 0.3) is 0 Å². The van der Waals surface area contributed by atoms with Gasteiger partial charge < -0.3 is 5.32 Å². The van der Waals surface area contributed by atoms with Crippen LogP contribution in [0.1, 0.15) is 30.7 Å². The Bertz CT molecular complexity index is 514. The second kappa shape index (κ2) is 7.42. The Kier molecular flexibility index (Phi) is 5.84. The number of hydrogen-bond donors (Lipinski definition) is 1. The molecule has 0 unspecified atom stereocenters. The van der Waals surface area contributed by atoms with E-state index in [1.54, 1.807) is 11.3 Å². The maximum absolute atomic E-state index is 12.2. The summed E-state index contributed by atoms with van der Waals surface area (Å²) in [6.45, 7) is 7.39. The molecule has 1 fully saturated rings. The van der Waals surface area contributed by atoms with E-state index >= 15 is 0 Å². The average Bonchev–Trinajstić information content (AvgIpc) is 2.99. The second-order valence-electron chi connectivity index (χ2n) is 5.60. The molecule has 1 N–H and O–H groups in total. The van der Waals surface area contributed by atoms with E-state index in [-0.39, 0.29) is 23.1 Å². The standard InChI is InChI=1S/C15H22N2O2S2/c1-10(2)17(8-13-11(3)4-6-20-13)9-14(18)16-12-5-7-21-15(12)19/h4,6,10,12H,5,7-9H2,1-3H3,(H,16,18)/t12-/m1/s1. The molecule has 21 heavy (non-hydrogen) atoms. The number of thiophene rings is 1. The molecule has 1 atom stereocenters. The molecule has 0 spiro atoms. The summed E-state index contributed by atoms with van der Waals surface area (Å²) in [4.78, 5) is 27.2. The van der Waals surface area contributed by atoms with Gasteiger partial charge in [-0.1, -0.05) is 11.8 Å². The van der Waals surface area contributed by atoms with Crippen LogP contribution in [0.15, 0.2) is 11.4 Å². The minimum atomic E-state index is -0.292. The SMILES string of the molecule is Cc1ccsc1CN(CC(=O)N[C@@H]1CCSC1=O)C(C)C. The molecule has 1 aliphatic rings. The van der Waals surface area contributed by atoms with Crippen molar-refractivity contribution in [2.75, 3.05) is 12.3 Å². The van der Waals surface area contributed by atoms with Crippen molar-refractivity contribution in [3.05, 3.63) is 21.9 Å². The monoisotopic (exact) mass is 326 g/mol. The lowest BCUT2D eigenvalue weighted by atomic mass is 10.2. The van der Waals surface area contributed by atoms with E-state index in [4.69, 9.17) is 0 Å². The molecule has 2 rings (SSSR count). The van der Waals surface area contributed by atoms with Crippen molar-refractivity contribution in [1.29, 1.82) is 0 Å². The molecule has 1 aromatic rings. The van der Waals surface area contributed by atoms with Gasteiger partial charge in [0.05, 0.1) is 12.6 Å². The van der Waals surface area contributed by atoms with Gasteiger partial charge in [-0.05, 0) is 44.2 Å². The Balaban J connectivity index is 1.91. The lowest BCUT2D eigenvalue weighted by molar-refractivity contribution is -0.126. The molecule has 1 aromatic heterocycles. The zero-order chi connectivity index (χ0) is 15.4. The van der Waals surface area contributed by atoms with Gasteiger partial charge in [-0.15, -0.1) is 11.3 Å². The lowest BCUT2D eigenvalue weighted by Crippen LogP contribution is -2.45. The predicted molar refractivity (Wildman–Crippen MR) is 88.6 cm³/mol. The van der Waals surface area contributed by atoms with Gasteiger partial charge in [0, 0.05) is 23.2 Å². The number of carbonyl (C=O) groups is 2. The van der Waals surface area contributed by atoms with E-state index in [1.807, 2.05) is 0 Å². The zero-order valence-corrected chi connectivity index (χ0v) is 14.4. The highest BCUT2D eigenvalue weighted by molar-refractivity contribution is 8.14. The third-order valence-electron chi connectivity index (χ3n) is 3.66. The van der Waals surface area contributed by atoms with Gasteiger partial charge in [0.15, 0.2) is 0 Å². The molecule has 1 amide bonds. The molecule has 0 aromatic carbocycles. The number of aryl methyl sites for hydroxylation is 1. The van der Waals surface area contributed by atoms with Crippen molar-refractivity contribution >= 4 is 34.1 Å². The molecule has 116 valence electrons. The van der Waals surface area contributed by atoms with Gasteiger partial charge in [0.2, 0.25) is 11.0 Å². The highest BCUT2D eigenvalue weighted by atomic mass is 32.2. The first-order chi connectivity index (χ1) is 9.97. The fourth-order valence-corrected chi connectivity index (χ4v) is 4.09. The fraction of sp³-hybridized carbons (Fsp3) is 0.600. The quantitative estimate of drug-likeness (QED) is 0.872. The van der Waals surface area contributed by atoms with Crippen molar-refractivity contribution in [3.63, 3.8) is 0 Å². The molecule has 1 aliphatic heterocycles. The van der Waals surface area contributed by atoms with Crippen LogP contribution in [-0.4, -0.2) is 40.3 Å². The summed E-state index contributed by atoms with van der Waals surface area (Å²) >= 11 is 3.04. The lowest BCUT2D eigenvalue weighted by Gasteiger charge is -2.26. The van der Waals surface area contributed by atoms with E-state index < -0.39 is 0 Å². The molecular formula is C15H22N2O2S2.